The quantitative estimate of drug-likeness (QED) is 0.492. The van der Waals surface area contributed by atoms with Crippen molar-refractivity contribution in [3.63, 3.8) is 0 Å². The normalized spacial score (nSPS) is 32.8. The van der Waals surface area contributed by atoms with Gasteiger partial charge in [0.2, 0.25) is 0 Å². The van der Waals surface area contributed by atoms with Crippen LogP contribution in [0.1, 0.15) is 0 Å². The summed E-state index contributed by atoms with van der Waals surface area (Å²) in [4.78, 5) is 9.26. The van der Waals surface area contributed by atoms with Crippen LogP contribution in [0.5, 0.6) is 0 Å². The molecule has 2 unspecified atom stereocenters. The zero-order valence-corrected chi connectivity index (χ0v) is 6.95. The lowest BCUT2D eigenvalue weighted by atomic mass is 9.88. The van der Waals surface area contributed by atoms with Gasteiger partial charge in [-0.05, 0) is 0 Å². The summed E-state index contributed by atoms with van der Waals surface area (Å²) in [6, 6.07) is 0. The number of rotatable bonds is 1. The zero-order chi connectivity index (χ0) is 9.19. The van der Waals surface area contributed by atoms with E-state index >= 15 is 0 Å². The lowest BCUT2D eigenvalue weighted by Gasteiger charge is -2.24. The van der Waals surface area contributed by atoms with E-state index in [9.17, 15) is 4.79 Å². The number of allylic oxidation sites excluding steroid dienone is 3. The van der Waals surface area contributed by atoms with Crippen LogP contribution in [0.4, 0.5) is 0 Å². The van der Waals surface area contributed by atoms with Crippen molar-refractivity contribution in [2.75, 3.05) is 0 Å². The third-order valence-electron chi connectivity index (χ3n) is 1.71. The molecule has 0 bridgehead atoms. The summed E-state index contributed by atoms with van der Waals surface area (Å²) in [6.45, 7) is 0. The van der Waals surface area contributed by atoms with Crippen molar-refractivity contribution < 1.29 is 9.90 Å². The third kappa shape index (κ3) is 1.24. The molecule has 2 nitrogen and oxygen atoms in total. The molecule has 1 aliphatic carbocycles. The number of hydrogen-bond acceptors (Lipinski definition) is 1. The second kappa shape index (κ2) is 3.04. The first kappa shape index (κ1) is 8.89. The van der Waals surface area contributed by atoms with Gasteiger partial charge in [0, 0.05) is 0 Å². The van der Waals surface area contributed by atoms with Gasteiger partial charge < -0.3 is 5.11 Å². The fourth-order valence-electron chi connectivity index (χ4n) is 0.996. The van der Waals surface area contributed by atoms with E-state index in [1.807, 2.05) is 0 Å². The molecule has 0 heterocycles. The van der Waals surface area contributed by atoms with E-state index in [1.54, 1.807) is 18.2 Å². The highest BCUT2D eigenvalue weighted by atomic mass is 35.5. The molecule has 0 spiro atoms. The summed E-state index contributed by atoms with van der Waals surface area (Å²) in [7, 11) is 0. The van der Waals surface area contributed by atoms with Gasteiger partial charge in [-0.2, -0.15) is 0 Å². The van der Waals surface area contributed by atoms with Crippen LogP contribution < -0.4 is 0 Å². The Morgan fingerprint density at radius 2 is 2.33 bits per heavy atom. The second-order valence-corrected chi connectivity index (χ2v) is 3.09. The Hall–Kier alpha value is -1.20. The monoisotopic (exact) mass is 182 g/mol. The van der Waals surface area contributed by atoms with Gasteiger partial charge in [-0.15, -0.1) is 18.0 Å². The highest BCUT2D eigenvalue weighted by molar-refractivity contribution is 6.36. The first-order valence-corrected chi connectivity index (χ1v) is 3.73. The van der Waals surface area contributed by atoms with Crippen molar-refractivity contribution in [1.82, 2.24) is 0 Å². The van der Waals surface area contributed by atoms with E-state index < -0.39 is 16.8 Å². The number of halogens is 1. The van der Waals surface area contributed by atoms with Gasteiger partial charge in [-0.3, -0.25) is 0 Å². The highest BCUT2D eigenvalue weighted by Crippen LogP contribution is 2.31. The molecule has 2 atom stereocenters. The number of carboxylic acid groups (broad SMARTS) is 1. The average molecular weight is 183 g/mol. The molecule has 1 aliphatic rings. The summed E-state index contributed by atoms with van der Waals surface area (Å²) in [6.07, 6.45) is 11.4. The summed E-state index contributed by atoms with van der Waals surface area (Å²) in [5.74, 6) is 0.625. The molecular formula is C9H7ClO2. The van der Waals surface area contributed by atoms with Crippen molar-refractivity contribution >= 4 is 17.6 Å². The standard InChI is InChI=1S/C9H7ClO2/c1-2-7-5-3-4-6-9(7,10)8(11)12/h1,3-7H,(H,11,12). The molecule has 0 aromatic heterocycles. The summed E-state index contributed by atoms with van der Waals surface area (Å²) >= 11 is 5.80. The summed E-state index contributed by atoms with van der Waals surface area (Å²) < 4.78 is 0. The van der Waals surface area contributed by atoms with Crippen LogP contribution in [0.3, 0.4) is 0 Å². The zero-order valence-electron chi connectivity index (χ0n) is 6.20. The molecule has 12 heavy (non-hydrogen) atoms. The van der Waals surface area contributed by atoms with Crippen LogP contribution in [0.25, 0.3) is 0 Å². The van der Waals surface area contributed by atoms with Gasteiger partial charge in [0.25, 0.3) is 0 Å². The third-order valence-corrected chi connectivity index (χ3v) is 2.24. The highest BCUT2D eigenvalue weighted by Gasteiger charge is 2.40. The fraction of sp³-hybridized carbons (Fsp3) is 0.222. The molecular weight excluding hydrogens is 176 g/mol. The molecule has 0 saturated carbocycles. The predicted octanol–water partition coefficient (Wildman–Crippen LogP) is 1.42. The van der Waals surface area contributed by atoms with Gasteiger partial charge in [0.05, 0.1) is 5.92 Å². The Balaban J connectivity index is 3.05. The number of alkyl halides is 1. The molecule has 0 aliphatic heterocycles. The smallest absolute Gasteiger partial charge is 0.330 e. The number of terminal acetylenes is 1. The van der Waals surface area contributed by atoms with Crippen molar-refractivity contribution in [3.05, 3.63) is 24.3 Å². The Morgan fingerprint density at radius 3 is 2.75 bits per heavy atom. The second-order valence-electron chi connectivity index (χ2n) is 2.46. The maximum Gasteiger partial charge on any atom is 0.330 e. The minimum Gasteiger partial charge on any atom is -0.480 e. The largest absolute Gasteiger partial charge is 0.480 e. The number of carbonyl (C=O) groups is 1. The first-order chi connectivity index (χ1) is 5.61. The van der Waals surface area contributed by atoms with Crippen molar-refractivity contribution in [2.45, 2.75) is 4.87 Å². The molecule has 1 rings (SSSR count). The van der Waals surface area contributed by atoms with Crippen molar-refractivity contribution in [1.29, 1.82) is 0 Å². The summed E-state index contributed by atoms with van der Waals surface area (Å²) in [5.41, 5.74) is 0. The number of hydrogen-bond donors (Lipinski definition) is 1. The topological polar surface area (TPSA) is 37.3 Å². The average Bonchev–Trinajstić information content (AvgIpc) is 2.05. The molecule has 3 heteroatoms. The van der Waals surface area contributed by atoms with E-state index in [2.05, 4.69) is 5.92 Å². The molecule has 0 radical (unpaired) electrons. The lowest BCUT2D eigenvalue weighted by molar-refractivity contribution is -0.139. The van der Waals surface area contributed by atoms with Gasteiger partial charge in [-0.1, -0.05) is 30.2 Å². The van der Waals surface area contributed by atoms with E-state index in [0.29, 0.717) is 0 Å². The Labute approximate surface area is 75.5 Å². The Morgan fingerprint density at radius 1 is 1.67 bits per heavy atom. The van der Waals surface area contributed by atoms with Gasteiger partial charge in [-0.25, -0.2) is 4.79 Å². The maximum atomic E-state index is 10.7. The van der Waals surface area contributed by atoms with Crippen LogP contribution in [-0.4, -0.2) is 16.0 Å². The molecule has 0 aromatic rings. The minimum atomic E-state index is -1.47. The SMILES string of the molecule is C#CC1C=CC=CC1(Cl)C(=O)O. The Kier molecular flexibility index (Phi) is 2.25. The Bertz CT molecular complexity index is 298. The van der Waals surface area contributed by atoms with Crippen LogP contribution in [0, 0.1) is 18.3 Å². The van der Waals surface area contributed by atoms with E-state index in [0.717, 1.165) is 0 Å². The van der Waals surface area contributed by atoms with Crippen LogP contribution in [0.2, 0.25) is 0 Å². The summed E-state index contributed by atoms with van der Waals surface area (Å²) in [5, 5.41) is 8.79. The van der Waals surface area contributed by atoms with Gasteiger partial charge in [0.15, 0.2) is 4.87 Å². The first-order valence-electron chi connectivity index (χ1n) is 3.35. The van der Waals surface area contributed by atoms with Crippen LogP contribution in [0.15, 0.2) is 24.3 Å². The van der Waals surface area contributed by atoms with Crippen LogP contribution in [-0.2, 0) is 4.79 Å². The van der Waals surface area contributed by atoms with Crippen molar-refractivity contribution in [2.24, 2.45) is 5.92 Å². The molecule has 0 fully saturated rings. The molecule has 0 saturated heterocycles. The molecule has 62 valence electrons. The van der Waals surface area contributed by atoms with E-state index in [-0.39, 0.29) is 0 Å². The minimum absolute atomic E-state index is 0.582. The number of carboxylic acids is 1. The van der Waals surface area contributed by atoms with E-state index in [1.165, 1.54) is 6.08 Å². The molecule has 0 amide bonds. The molecule has 0 aromatic carbocycles. The number of aliphatic carboxylic acids is 1. The maximum absolute atomic E-state index is 10.7. The van der Waals surface area contributed by atoms with Crippen molar-refractivity contribution in [3.8, 4) is 12.3 Å². The predicted molar refractivity (Wildman–Crippen MR) is 46.8 cm³/mol. The van der Waals surface area contributed by atoms with Gasteiger partial charge >= 0.3 is 5.97 Å². The molecule has 1 N–H and O–H groups in total. The van der Waals surface area contributed by atoms with Gasteiger partial charge in [0.1, 0.15) is 0 Å². The lowest BCUT2D eigenvalue weighted by Crippen LogP contribution is -2.38. The fourth-order valence-corrected chi connectivity index (χ4v) is 1.20. The van der Waals surface area contributed by atoms with Crippen LogP contribution >= 0.6 is 11.6 Å². The van der Waals surface area contributed by atoms with E-state index in [4.69, 9.17) is 23.1 Å².